The molecule has 4 nitrogen and oxygen atoms in total. The summed E-state index contributed by atoms with van der Waals surface area (Å²) in [6, 6.07) is 0.263. The zero-order valence-corrected chi connectivity index (χ0v) is 8.37. The van der Waals surface area contributed by atoms with E-state index >= 15 is 0 Å². The molecule has 3 unspecified atom stereocenters. The lowest BCUT2D eigenvalue weighted by Crippen LogP contribution is -2.41. The molecule has 0 aromatic heterocycles. The Hall–Kier alpha value is -0.610. The highest BCUT2D eigenvalue weighted by atomic mass is 16.5. The monoisotopic (exact) mass is 198 g/mol. The predicted molar refractivity (Wildman–Crippen MR) is 52.7 cm³/mol. The third-order valence-corrected chi connectivity index (χ3v) is 3.06. The molecule has 0 aromatic rings. The van der Waals surface area contributed by atoms with Crippen LogP contribution in [0, 0.1) is 0 Å². The molecular weight excluding hydrogens is 180 g/mol. The summed E-state index contributed by atoms with van der Waals surface area (Å²) < 4.78 is 5.65. The molecule has 4 heteroatoms. The van der Waals surface area contributed by atoms with E-state index in [4.69, 9.17) is 10.5 Å². The molecule has 14 heavy (non-hydrogen) atoms. The quantitative estimate of drug-likeness (QED) is 0.676. The average molecular weight is 198 g/mol. The second-order valence-corrected chi connectivity index (χ2v) is 4.18. The maximum atomic E-state index is 11.4. The van der Waals surface area contributed by atoms with Gasteiger partial charge in [-0.1, -0.05) is 0 Å². The van der Waals surface area contributed by atoms with E-state index < -0.39 is 0 Å². The van der Waals surface area contributed by atoms with E-state index in [-0.39, 0.29) is 18.1 Å². The topological polar surface area (TPSA) is 64.4 Å². The van der Waals surface area contributed by atoms with Crippen LogP contribution in [0.4, 0.5) is 0 Å². The molecule has 2 saturated heterocycles. The van der Waals surface area contributed by atoms with Gasteiger partial charge in [0.05, 0.1) is 18.2 Å². The highest BCUT2D eigenvalue weighted by molar-refractivity contribution is 5.76. The van der Waals surface area contributed by atoms with Crippen LogP contribution in [0.25, 0.3) is 0 Å². The summed E-state index contributed by atoms with van der Waals surface area (Å²) in [6.07, 6.45) is 5.27. The summed E-state index contributed by atoms with van der Waals surface area (Å²) in [5.41, 5.74) is 5.34. The van der Waals surface area contributed by atoms with Crippen molar-refractivity contribution in [1.82, 2.24) is 5.32 Å². The third kappa shape index (κ3) is 2.07. The predicted octanol–water partition coefficient (Wildman–Crippen LogP) is 0.161. The first-order valence-electron chi connectivity index (χ1n) is 5.44. The molecule has 0 saturated carbocycles. The number of rotatable bonds is 4. The molecule has 3 atom stereocenters. The second-order valence-electron chi connectivity index (χ2n) is 4.18. The van der Waals surface area contributed by atoms with Crippen molar-refractivity contribution in [2.24, 2.45) is 5.73 Å². The fourth-order valence-electron chi connectivity index (χ4n) is 2.33. The van der Waals surface area contributed by atoms with Gasteiger partial charge in [0.1, 0.15) is 0 Å². The minimum Gasteiger partial charge on any atom is -0.373 e. The van der Waals surface area contributed by atoms with Gasteiger partial charge < -0.3 is 15.8 Å². The number of nitrogens with one attached hydrogen (secondary N) is 1. The van der Waals surface area contributed by atoms with Gasteiger partial charge in [0.15, 0.2) is 0 Å². The number of carbonyl (C=O) groups excluding carboxylic acids is 1. The van der Waals surface area contributed by atoms with Crippen molar-refractivity contribution in [3.8, 4) is 0 Å². The number of ether oxygens (including phenoxy) is 1. The molecule has 3 N–H and O–H groups in total. The Morgan fingerprint density at radius 3 is 2.93 bits per heavy atom. The van der Waals surface area contributed by atoms with Crippen LogP contribution in [-0.2, 0) is 9.53 Å². The molecule has 0 aromatic carbocycles. The van der Waals surface area contributed by atoms with E-state index in [0.717, 1.165) is 19.3 Å². The van der Waals surface area contributed by atoms with Gasteiger partial charge in [-0.3, -0.25) is 4.79 Å². The maximum absolute atomic E-state index is 11.4. The maximum Gasteiger partial charge on any atom is 0.220 e. The van der Waals surface area contributed by atoms with E-state index in [0.29, 0.717) is 19.1 Å². The van der Waals surface area contributed by atoms with Gasteiger partial charge in [-0.25, -0.2) is 0 Å². The summed E-state index contributed by atoms with van der Waals surface area (Å²) in [5.74, 6) is 0.122. The van der Waals surface area contributed by atoms with Gasteiger partial charge in [-0.2, -0.15) is 0 Å². The molecule has 0 spiro atoms. The second kappa shape index (κ2) is 4.28. The van der Waals surface area contributed by atoms with E-state index in [2.05, 4.69) is 5.32 Å². The molecule has 2 heterocycles. The van der Waals surface area contributed by atoms with Crippen LogP contribution in [0.3, 0.4) is 0 Å². The molecule has 2 fully saturated rings. The van der Waals surface area contributed by atoms with Gasteiger partial charge in [0, 0.05) is 6.42 Å². The Balaban J connectivity index is 1.73. The van der Waals surface area contributed by atoms with Crippen molar-refractivity contribution >= 4 is 5.91 Å². The minimum absolute atomic E-state index is 0.122. The lowest BCUT2D eigenvalue weighted by molar-refractivity contribution is -0.122. The Labute approximate surface area is 84.2 Å². The van der Waals surface area contributed by atoms with Crippen molar-refractivity contribution < 1.29 is 9.53 Å². The smallest absolute Gasteiger partial charge is 0.220 e. The largest absolute Gasteiger partial charge is 0.373 e. The zero-order valence-electron chi connectivity index (χ0n) is 8.37. The number of fused-ring (bicyclic) bond motifs is 2. The summed E-state index contributed by atoms with van der Waals surface area (Å²) in [5, 5.41) is 3.03. The first-order chi connectivity index (χ1) is 6.79. The van der Waals surface area contributed by atoms with E-state index in [1.807, 2.05) is 0 Å². The SMILES string of the molecule is NCCCC(=O)NC1CC2CCC1O2. The summed E-state index contributed by atoms with van der Waals surface area (Å²) >= 11 is 0. The van der Waals surface area contributed by atoms with Gasteiger partial charge in [0.2, 0.25) is 5.91 Å². The number of amides is 1. The molecule has 1 amide bonds. The highest BCUT2D eigenvalue weighted by Crippen LogP contribution is 2.34. The molecule has 80 valence electrons. The Bertz CT molecular complexity index is 220. The number of nitrogens with two attached hydrogens (primary N) is 1. The van der Waals surface area contributed by atoms with Crippen LogP contribution in [0.15, 0.2) is 0 Å². The third-order valence-electron chi connectivity index (χ3n) is 3.06. The molecule has 0 radical (unpaired) electrons. The van der Waals surface area contributed by atoms with Crippen LogP contribution >= 0.6 is 0 Å². The van der Waals surface area contributed by atoms with Crippen LogP contribution in [0.1, 0.15) is 32.1 Å². The number of hydrogen-bond donors (Lipinski definition) is 2. The van der Waals surface area contributed by atoms with E-state index in [1.54, 1.807) is 0 Å². The van der Waals surface area contributed by atoms with Gasteiger partial charge in [0.25, 0.3) is 0 Å². The first-order valence-corrected chi connectivity index (χ1v) is 5.44. The fourth-order valence-corrected chi connectivity index (χ4v) is 2.33. The minimum atomic E-state index is 0.122. The van der Waals surface area contributed by atoms with E-state index in [1.165, 1.54) is 6.42 Å². The van der Waals surface area contributed by atoms with Crippen molar-refractivity contribution in [2.75, 3.05) is 6.54 Å². The Morgan fingerprint density at radius 1 is 1.50 bits per heavy atom. The summed E-state index contributed by atoms with van der Waals surface area (Å²) in [4.78, 5) is 11.4. The standard InChI is InChI=1S/C10H18N2O2/c11-5-1-2-10(13)12-8-6-7-3-4-9(8)14-7/h7-9H,1-6,11H2,(H,12,13). The van der Waals surface area contributed by atoms with Crippen molar-refractivity contribution in [3.05, 3.63) is 0 Å². The molecule has 2 aliphatic rings. The van der Waals surface area contributed by atoms with Gasteiger partial charge in [-0.05, 0) is 32.2 Å². The molecular formula is C10H18N2O2. The van der Waals surface area contributed by atoms with Gasteiger partial charge >= 0.3 is 0 Å². The van der Waals surface area contributed by atoms with Crippen molar-refractivity contribution in [2.45, 2.75) is 50.4 Å². The average Bonchev–Trinajstić information content (AvgIpc) is 2.76. The van der Waals surface area contributed by atoms with Crippen LogP contribution in [-0.4, -0.2) is 30.7 Å². The van der Waals surface area contributed by atoms with Crippen LogP contribution < -0.4 is 11.1 Å². The van der Waals surface area contributed by atoms with Crippen LogP contribution in [0.2, 0.25) is 0 Å². The van der Waals surface area contributed by atoms with Crippen molar-refractivity contribution in [3.63, 3.8) is 0 Å². The highest BCUT2D eigenvalue weighted by Gasteiger charge is 2.41. The molecule has 0 aliphatic carbocycles. The molecule has 2 bridgehead atoms. The number of hydrogen-bond acceptors (Lipinski definition) is 3. The van der Waals surface area contributed by atoms with Crippen molar-refractivity contribution in [1.29, 1.82) is 0 Å². The van der Waals surface area contributed by atoms with Gasteiger partial charge in [-0.15, -0.1) is 0 Å². The molecule has 2 aliphatic heterocycles. The normalized spacial score (nSPS) is 34.8. The Morgan fingerprint density at radius 2 is 2.36 bits per heavy atom. The molecule has 2 rings (SSSR count). The lowest BCUT2D eigenvalue weighted by atomic mass is 9.95. The fraction of sp³-hybridized carbons (Fsp3) is 0.900. The van der Waals surface area contributed by atoms with Crippen LogP contribution in [0.5, 0.6) is 0 Å². The Kier molecular flexibility index (Phi) is 3.03. The number of carbonyl (C=O) groups is 1. The summed E-state index contributed by atoms with van der Waals surface area (Å²) in [7, 11) is 0. The lowest BCUT2D eigenvalue weighted by Gasteiger charge is -2.19. The summed E-state index contributed by atoms with van der Waals surface area (Å²) in [6.45, 7) is 0.584. The van der Waals surface area contributed by atoms with E-state index in [9.17, 15) is 4.79 Å². The zero-order chi connectivity index (χ0) is 9.97. The first kappa shape index (κ1) is 9.93.